The third-order valence-corrected chi connectivity index (χ3v) is 5.66. The van der Waals surface area contributed by atoms with Gasteiger partial charge in [-0.2, -0.15) is 0 Å². The zero-order valence-electron chi connectivity index (χ0n) is 16.7. The Kier molecular flexibility index (Phi) is 7.14. The average molecular weight is 433 g/mol. The summed E-state index contributed by atoms with van der Waals surface area (Å²) in [6.07, 6.45) is -0.0118. The molecule has 10 heteroatoms. The number of nitro benzene ring substituents is 1. The molecule has 160 valence electrons. The highest BCUT2D eigenvalue weighted by atomic mass is 32.1. The van der Waals surface area contributed by atoms with Crippen molar-refractivity contribution >= 4 is 28.9 Å². The van der Waals surface area contributed by atoms with E-state index in [1.807, 2.05) is 17.5 Å². The number of para-hydroxylation sites is 1. The lowest BCUT2D eigenvalue weighted by Gasteiger charge is -2.21. The Bertz CT molecular complexity index is 902. The van der Waals surface area contributed by atoms with Crippen molar-refractivity contribution in [3.05, 3.63) is 62.3 Å². The van der Waals surface area contributed by atoms with E-state index in [1.165, 1.54) is 6.07 Å². The van der Waals surface area contributed by atoms with E-state index in [4.69, 9.17) is 4.74 Å². The molecule has 2 aromatic rings. The molecule has 1 saturated heterocycles. The van der Waals surface area contributed by atoms with Gasteiger partial charge < -0.3 is 10.1 Å². The van der Waals surface area contributed by atoms with Gasteiger partial charge in [-0.15, -0.1) is 11.3 Å². The standard InChI is InChI=1S/C20H24N4O5S/c1-12(2)29-19(25)11-14(13-6-3-4-7-17(13)24(27)28)21-20(26)16-10-15(22-23-16)18-8-5-9-30-18/h3-9,12,14-16,22-23H,10-11H2,1-2H3,(H,21,26). The van der Waals surface area contributed by atoms with Crippen molar-refractivity contribution in [1.29, 1.82) is 0 Å². The molecule has 0 spiro atoms. The van der Waals surface area contributed by atoms with Gasteiger partial charge in [-0.3, -0.25) is 19.7 Å². The fourth-order valence-electron chi connectivity index (χ4n) is 3.34. The molecule has 1 aromatic carbocycles. The molecule has 2 heterocycles. The van der Waals surface area contributed by atoms with Gasteiger partial charge in [0.05, 0.1) is 35.1 Å². The number of amides is 1. The van der Waals surface area contributed by atoms with Gasteiger partial charge in [0.1, 0.15) is 6.04 Å². The SMILES string of the molecule is CC(C)OC(=O)CC(NC(=O)C1CC(c2cccs2)NN1)c1ccccc1[N+](=O)[O-]. The number of nitro groups is 1. The lowest BCUT2D eigenvalue weighted by atomic mass is 10.0. The minimum atomic E-state index is -0.882. The fourth-order valence-corrected chi connectivity index (χ4v) is 4.13. The number of nitrogens with one attached hydrogen (secondary N) is 3. The molecule has 0 saturated carbocycles. The number of carbonyl (C=O) groups is 2. The van der Waals surface area contributed by atoms with E-state index in [-0.39, 0.29) is 35.7 Å². The molecule has 30 heavy (non-hydrogen) atoms. The highest BCUT2D eigenvalue weighted by Crippen LogP contribution is 2.29. The summed E-state index contributed by atoms with van der Waals surface area (Å²) in [7, 11) is 0. The van der Waals surface area contributed by atoms with Crippen LogP contribution in [-0.4, -0.2) is 28.9 Å². The van der Waals surface area contributed by atoms with Gasteiger partial charge in [-0.25, -0.2) is 10.9 Å². The predicted molar refractivity (Wildman–Crippen MR) is 112 cm³/mol. The number of hydrogen-bond donors (Lipinski definition) is 3. The van der Waals surface area contributed by atoms with Crippen LogP contribution in [0.2, 0.25) is 0 Å². The molecule has 1 aliphatic heterocycles. The Morgan fingerprint density at radius 1 is 1.27 bits per heavy atom. The molecule has 3 atom stereocenters. The maximum absolute atomic E-state index is 12.9. The Hall–Kier alpha value is -2.82. The summed E-state index contributed by atoms with van der Waals surface area (Å²) in [6.45, 7) is 3.44. The van der Waals surface area contributed by atoms with Gasteiger partial charge in [0.25, 0.3) is 5.69 Å². The topological polar surface area (TPSA) is 123 Å². The summed E-state index contributed by atoms with van der Waals surface area (Å²) < 4.78 is 5.19. The van der Waals surface area contributed by atoms with Crippen molar-refractivity contribution in [3.63, 3.8) is 0 Å². The molecule has 3 N–H and O–H groups in total. The third-order valence-electron chi connectivity index (χ3n) is 4.67. The van der Waals surface area contributed by atoms with Crippen molar-refractivity contribution in [1.82, 2.24) is 16.2 Å². The molecule has 1 amide bonds. The van der Waals surface area contributed by atoms with Crippen LogP contribution in [0, 0.1) is 10.1 Å². The monoisotopic (exact) mass is 432 g/mol. The van der Waals surface area contributed by atoms with Crippen molar-refractivity contribution < 1.29 is 19.2 Å². The van der Waals surface area contributed by atoms with E-state index in [0.717, 1.165) is 4.88 Å². The Labute approximate surface area is 177 Å². The average Bonchev–Trinajstić information content (AvgIpc) is 3.38. The summed E-state index contributed by atoms with van der Waals surface area (Å²) in [6, 6.07) is 8.58. The minimum absolute atomic E-state index is 0.00355. The first kappa shape index (κ1) is 21.9. The Morgan fingerprint density at radius 2 is 2.03 bits per heavy atom. The predicted octanol–water partition coefficient (Wildman–Crippen LogP) is 2.76. The normalized spacial score (nSPS) is 19.4. The molecule has 1 fully saturated rings. The largest absolute Gasteiger partial charge is 0.463 e. The first-order valence-corrected chi connectivity index (χ1v) is 10.5. The Balaban J connectivity index is 1.76. The zero-order valence-corrected chi connectivity index (χ0v) is 17.5. The maximum Gasteiger partial charge on any atom is 0.308 e. The number of rotatable bonds is 8. The minimum Gasteiger partial charge on any atom is -0.463 e. The molecule has 1 aromatic heterocycles. The van der Waals surface area contributed by atoms with E-state index in [9.17, 15) is 19.7 Å². The number of esters is 1. The first-order chi connectivity index (χ1) is 14.3. The lowest BCUT2D eigenvalue weighted by Crippen LogP contribution is -2.45. The number of nitrogens with zero attached hydrogens (tertiary/aromatic N) is 1. The maximum atomic E-state index is 12.9. The number of carbonyl (C=O) groups excluding carboxylic acids is 2. The highest BCUT2D eigenvalue weighted by molar-refractivity contribution is 7.10. The summed E-state index contributed by atoms with van der Waals surface area (Å²) in [5, 5.41) is 16.2. The number of benzene rings is 1. The zero-order chi connectivity index (χ0) is 21.7. The van der Waals surface area contributed by atoms with Crippen LogP contribution < -0.4 is 16.2 Å². The number of thiophene rings is 1. The molecular weight excluding hydrogens is 408 g/mol. The molecule has 3 unspecified atom stereocenters. The second-order valence-electron chi connectivity index (χ2n) is 7.26. The van der Waals surface area contributed by atoms with Crippen molar-refractivity contribution in [2.24, 2.45) is 0 Å². The van der Waals surface area contributed by atoms with E-state index in [0.29, 0.717) is 6.42 Å². The van der Waals surface area contributed by atoms with Gasteiger partial charge >= 0.3 is 5.97 Å². The number of ether oxygens (including phenoxy) is 1. The van der Waals surface area contributed by atoms with Crippen molar-refractivity contribution in [2.75, 3.05) is 0 Å². The highest BCUT2D eigenvalue weighted by Gasteiger charge is 2.33. The van der Waals surface area contributed by atoms with Crippen molar-refractivity contribution in [3.8, 4) is 0 Å². The van der Waals surface area contributed by atoms with Crippen LogP contribution >= 0.6 is 11.3 Å². The molecule has 3 rings (SSSR count). The van der Waals surface area contributed by atoms with E-state index < -0.39 is 23.0 Å². The van der Waals surface area contributed by atoms with Crippen LogP contribution in [0.5, 0.6) is 0 Å². The quantitative estimate of drug-likeness (QED) is 0.333. The summed E-state index contributed by atoms with van der Waals surface area (Å²) in [5.74, 6) is -0.885. The van der Waals surface area contributed by atoms with E-state index in [1.54, 1.807) is 43.4 Å². The summed E-state index contributed by atoms with van der Waals surface area (Å²) in [4.78, 5) is 37.2. The van der Waals surface area contributed by atoms with Gasteiger partial charge in [-0.1, -0.05) is 24.3 Å². The second kappa shape index (κ2) is 9.79. The van der Waals surface area contributed by atoms with Crippen LogP contribution in [0.3, 0.4) is 0 Å². The smallest absolute Gasteiger partial charge is 0.308 e. The van der Waals surface area contributed by atoms with E-state index >= 15 is 0 Å². The van der Waals surface area contributed by atoms with Gasteiger partial charge in [0, 0.05) is 10.9 Å². The van der Waals surface area contributed by atoms with Crippen LogP contribution in [0.1, 0.15) is 49.2 Å². The molecule has 0 aliphatic carbocycles. The van der Waals surface area contributed by atoms with E-state index in [2.05, 4.69) is 16.2 Å². The molecular formula is C20H24N4O5S. The Morgan fingerprint density at radius 3 is 2.70 bits per heavy atom. The fraction of sp³-hybridized carbons (Fsp3) is 0.400. The lowest BCUT2D eigenvalue weighted by molar-refractivity contribution is -0.385. The number of hydrazine groups is 1. The van der Waals surface area contributed by atoms with Gasteiger partial charge in [-0.05, 0) is 31.7 Å². The van der Waals surface area contributed by atoms with Gasteiger partial charge in [0.15, 0.2) is 0 Å². The summed E-state index contributed by atoms with van der Waals surface area (Å²) >= 11 is 1.59. The molecule has 1 aliphatic rings. The van der Waals surface area contributed by atoms with Crippen LogP contribution in [0.4, 0.5) is 5.69 Å². The first-order valence-electron chi connectivity index (χ1n) is 9.62. The third kappa shape index (κ3) is 5.41. The molecule has 0 radical (unpaired) electrons. The van der Waals surface area contributed by atoms with Crippen LogP contribution in [-0.2, 0) is 14.3 Å². The number of hydrogen-bond acceptors (Lipinski definition) is 8. The van der Waals surface area contributed by atoms with Gasteiger partial charge in [0.2, 0.25) is 5.91 Å². The molecule has 9 nitrogen and oxygen atoms in total. The molecule has 0 bridgehead atoms. The van der Waals surface area contributed by atoms with Crippen LogP contribution in [0.15, 0.2) is 41.8 Å². The van der Waals surface area contributed by atoms with Crippen molar-refractivity contribution in [2.45, 2.75) is 50.9 Å². The van der Waals surface area contributed by atoms with Crippen LogP contribution in [0.25, 0.3) is 0 Å². The summed E-state index contributed by atoms with van der Waals surface area (Å²) in [5.41, 5.74) is 6.17. The second-order valence-corrected chi connectivity index (χ2v) is 8.24.